The van der Waals surface area contributed by atoms with Crippen molar-refractivity contribution in [3.63, 3.8) is 0 Å². The van der Waals surface area contributed by atoms with Gasteiger partial charge >= 0.3 is 0 Å². The highest BCUT2D eigenvalue weighted by atomic mass is 16.2. The van der Waals surface area contributed by atoms with E-state index in [1.807, 2.05) is 20.8 Å². The third-order valence-electron chi connectivity index (χ3n) is 2.59. The minimum absolute atomic E-state index is 0.145. The lowest BCUT2D eigenvalue weighted by Crippen LogP contribution is -2.54. The molecule has 0 saturated carbocycles. The van der Waals surface area contributed by atoms with Gasteiger partial charge in [-0.15, -0.1) is 0 Å². The average molecular weight is 229 g/mol. The molecule has 94 valence electrons. The zero-order chi connectivity index (χ0) is 13.1. The Labute approximate surface area is 96.9 Å². The molecule has 0 aliphatic carbocycles. The van der Waals surface area contributed by atoms with Crippen LogP contribution in [0.15, 0.2) is 0 Å². The van der Waals surface area contributed by atoms with Crippen LogP contribution in [0, 0.1) is 5.41 Å². The summed E-state index contributed by atoms with van der Waals surface area (Å²) in [6.07, 6.45) is 0.181. The Balaban J connectivity index is 4.36. The zero-order valence-electron chi connectivity index (χ0n) is 10.8. The van der Waals surface area contributed by atoms with Crippen LogP contribution in [0.4, 0.5) is 0 Å². The van der Waals surface area contributed by atoms with Crippen molar-refractivity contribution in [1.29, 1.82) is 0 Å². The first-order chi connectivity index (χ1) is 6.97. The third kappa shape index (κ3) is 4.61. The number of nitrogens with two attached hydrogens (primary N) is 2. The molecule has 0 aromatic carbocycles. The monoisotopic (exact) mass is 229 g/mol. The lowest BCUT2D eigenvalue weighted by molar-refractivity contribution is -0.130. The van der Waals surface area contributed by atoms with Crippen molar-refractivity contribution < 1.29 is 9.59 Å². The van der Waals surface area contributed by atoms with E-state index in [9.17, 15) is 9.59 Å². The Bertz CT molecular complexity index is 279. The Kier molecular flexibility index (Phi) is 4.49. The average Bonchev–Trinajstić information content (AvgIpc) is 2.00. The van der Waals surface area contributed by atoms with E-state index in [2.05, 4.69) is 5.32 Å². The summed E-state index contributed by atoms with van der Waals surface area (Å²) in [4.78, 5) is 22.6. The molecule has 0 heterocycles. The third-order valence-corrected chi connectivity index (χ3v) is 2.59. The lowest BCUT2D eigenvalue weighted by atomic mass is 9.85. The van der Waals surface area contributed by atoms with E-state index in [0.29, 0.717) is 0 Å². The molecule has 0 saturated heterocycles. The van der Waals surface area contributed by atoms with Crippen molar-refractivity contribution in [3.05, 3.63) is 0 Å². The molecule has 0 aromatic rings. The Morgan fingerprint density at radius 2 is 1.62 bits per heavy atom. The van der Waals surface area contributed by atoms with Crippen molar-refractivity contribution in [2.75, 3.05) is 0 Å². The summed E-state index contributed by atoms with van der Waals surface area (Å²) in [5.74, 6) is -0.823. The molecular formula is C11H23N3O2. The molecule has 0 fully saturated rings. The van der Waals surface area contributed by atoms with Crippen LogP contribution in [0.2, 0.25) is 0 Å². The van der Waals surface area contributed by atoms with Crippen LogP contribution in [0.25, 0.3) is 0 Å². The largest absolute Gasteiger partial charge is 0.368 e. The summed E-state index contributed by atoms with van der Waals surface area (Å²) in [7, 11) is 0. The molecule has 0 aromatic heterocycles. The van der Waals surface area contributed by atoms with Gasteiger partial charge in [-0.1, -0.05) is 20.8 Å². The maximum absolute atomic E-state index is 11.6. The SMILES string of the molecule is CC(C)(NC(=O)CC(N)C(C)(C)C)C(N)=O. The summed E-state index contributed by atoms with van der Waals surface area (Å²) in [5.41, 5.74) is 9.84. The van der Waals surface area contributed by atoms with Crippen LogP contribution in [0.1, 0.15) is 41.0 Å². The van der Waals surface area contributed by atoms with E-state index < -0.39 is 11.4 Å². The van der Waals surface area contributed by atoms with E-state index in [1.54, 1.807) is 13.8 Å². The fourth-order valence-corrected chi connectivity index (χ4v) is 0.967. The summed E-state index contributed by atoms with van der Waals surface area (Å²) in [6, 6.07) is -0.254. The smallest absolute Gasteiger partial charge is 0.242 e. The second-order valence-corrected chi connectivity index (χ2v) is 5.71. The summed E-state index contributed by atoms with van der Waals surface area (Å²) < 4.78 is 0. The number of nitrogens with one attached hydrogen (secondary N) is 1. The molecular weight excluding hydrogens is 206 g/mol. The van der Waals surface area contributed by atoms with Crippen LogP contribution in [0.3, 0.4) is 0 Å². The molecule has 2 amide bonds. The molecule has 5 N–H and O–H groups in total. The molecule has 0 aliphatic rings. The fraction of sp³-hybridized carbons (Fsp3) is 0.818. The van der Waals surface area contributed by atoms with Gasteiger partial charge in [0.15, 0.2) is 0 Å². The van der Waals surface area contributed by atoms with Crippen molar-refractivity contribution in [2.24, 2.45) is 16.9 Å². The Morgan fingerprint density at radius 3 is 1.94 bits per heavy atom. The predicted octanol–water partition coefficient (Wildman–Crippen LogP) is 0.130. The maximum Gasteiger partial charge on any atom is 0.242 e. The van der Waals surface area contributed by atoms with Gasteiger partial charge in [0, 0.05) is 12.5 Å². The van der Waals surface area contributed by atoms with Crippen LogP contribution >= 0.6 is 0 Å². The topological polar surface area (TPSA) is 98.2 Å². The van der Waals surface area contributed by atoms with Gasteiger partial charge in [0.1, 0.15) is 5.54 Å². The Morgan fingerprint density at radius 1 is 1.19 bits per heavy atom. The number of primary amides is 1. The van der Waals surface area contributed by atoms with E-state index in [0.717, 1.165) is 0 Å². The second-order valence-electron chi connectivity index (χ2n) is 5.71. The summed E-state index contributed by atoms with van der Waals surface area (Å²) in [5, 5.41) is 2.57. The van der Waals surface area contributed by atoms with Gasteiger partial charge in [-0.25, -0.2) is 0 Å². The standard InChI is InChI=1S/C11H23N3O2/c1-10(2,3)7(12)6-8(15)14-11(4,5)9(13)16/h7H,6,12H2,1-5H3,(H2,13,16)(H,14,15). The number of amides is 2. The molecule has 0 aliphatic heterocycles. The number of carbonyl (C=O) groups excluding carboxylic acids is 2. The number of hydrogen-bond acceptors (Lipinski definition) is 3. The first kappa shape index (κ1) is 14.9. The van der Waals surface area contributed by atoms with Crippen LogP contribution in [-0.2, 0) is 9.59 Å². The fourth-order valence-electron chi connectivity index (χ4n) is 0.967. The normalized spacial score (nSPS) is 14.4. The lowest BCUT2D eigenvalue weighted by Gasteiger charge is -2.28. The first-order valence-electron chi connectivity index (χ1n) is 5.33. The van der Waals surface area contributed by atoms with Crippen molar-refractivity contribution in [3.8, 4) is 0 Å². The highest BCUT2D eigenvalue weighted by Gasteiger charge is 2.29. The van der Waals surface area contributed by atoms with Crippen LogP contribution in [0.5, 0.6) is 0 Å². The van der Waals surface area contributed by atoms with Crippen LogP contribution < -0.4 is 16.8 Å². The molecule has 1 atom stereocenters. The van der Waals surface area contributed by atoms with Gasteiger partial charge < -0.3 is 16.8 Å². The van der Waals surface area contributed by atoms with E-state index in [-0.39, 0.29) is 23.8 Å². The van der Waals surface area contributed by atoms with Gasteiger partial charge in [-0.05, 0) is 19.3 Å². The highest BCUT2D eigenvalue weighted by molar-refractivity contribution is 5.89. The molecule has 5 nitrogen and oxygen atoms in total. The number of carbonyl (C=O) groups is 2. The van der Waals surface area contributed by atoms with E-state index in [1.165, 1.54) is 0 Å². The summed E-state index contributed by atoms with van der Waals surface area (Å²) >= 11 is 0. The zero-order valence-corrected chi connectivity index (χ0v) is 10.8. The van der Waals surface area contributed by atoms with E-state index in [4.69, 9.17) is 11.5 Å². The first-order valence-corrected chi connectivity index (χ1v) is 5.33. The van der Waals surface area contributed by atoms with Crippen LogP contribution in [-0.4, -0.2) is 23.4 Å². The highest BCUT2D eigenvalue weighted by Crippen LogP contribution is 2.19. The molecule has 0 radical (unpaired) electrons. The van der Waals surface area contributed by atoms with Gasteiger partial charge in [0.05, 0.1) is 0 Å². The van der Waals surface area contributed by atoms with Crippen molar-refractivity contribution in [2.45, 2.75) is 52.6 Å². The molecule has 0 spiro atoms. The molecule has 1 unspecified atom stereocenters. The molecule has 16 heavy (non-hydrogen) atoms. The van der Waals surface area contributed by atoms with Gasteiger partial charge in [0.25, 0.3) is 0 Å². The van der Waals surface area contributed by atoms with Crippen molar-refractivity contribution in [1.82, 2.24) is 5.32 Å². The minimum atomic E-state index is -1.03. The number of hydrogen-bond donors (Lipinski definition) is 3. The van der Waals surface area contributed by atoms with Crippen molar-refractivity contribution >= 4 is 11.8 Å². The van der Waals surface area contributed by atoms with E-state index >= 15 is 0 Å². The molecule has 0 bridgehead atoms. The van der Waals surface area contributed by atoms with Gasteiger partial charge in [-0.3, -0.25) is 9.59 Å². The summed E-state index contributed by atoms with van der Waals surface area (Å²) in [6.45, 7) is 9.02. The predicted molar refractivity (Wildman–Crippen MR) is 63.5 cm³/mol. The molecule has 5 heteroatoms. The molecule has 0 rings (SSSR count). The van der Waals surface area contributed by atoms with Gasteiger partial charge in [0.2, 0.25) is 11.8 Å². The maximum atomic E-state index is 11.6. The van der Waals surface area contributed by atoms with Gasteiger partial charge in [-0.2, -0.15) is 0 Å². The Hall–Kier alpha value is -1.10. The minimum Gasteiger partial charge on any atom is -0.368 e. The quantitative estimate of drug-likeness (QED) is 0.639. The second kappa shape index (κ2) is 4.82. The number of rotatable bonds is 4.